The van der Waals surface area contributed by atoms with Crippen molar-refractivity contribution in [1.29, 1.82) is 0 Å². The first-order valence-corrected chi connectivity index (χ1v) is 5.81. The minimum atomic E-state index is -1.16. The Bertz CT molecular complexity index is 451. The number of rotatable bonds is 6. The minimum Gasteiger partial charge on any atom is -0.479 e. The normalized spacial score (nSPS) is 10.1. The maximum Gasteiger partial charge on any atom is 0.332 e. The predicted molar refractivity (Wildman–Crippen MR) is 66.5 cm³/mol. The Hall–Kier alpha value is -1.30. The smallest absolute Gasteiger partial charge is 0.332 e. The van der Waals surface area contributed by atoms with Crippen LogP contribution in [0, 0.1) is 0 Å². The van der Waals surface area contributed by atoms with Crippen LogP contribution < -0.4 is 5.48 Å². The summed E-state index contributed by atoms with van der Waals surface area (Å²) in [6, 6.07) is 5.01. The lowest BCUT2D eigenvalue weighted by Gasteiger charge is -2.05. The zero-order chi connectivity index (χ0) is 13.5. The third-order valence-corrected chi connectivity index (χ3v) is 2.61. The van der Waals surface area contributed by atoms with Gasteiger partial charge in [-0.25, -0.2) is 10.3 Å². The molecule has 0 heterocycles. The third-order valence-electron chi connectivity index (χ3n) is 2.02. The molecule has 18 heavy (non-hydrogen) atoms. The standard InChI is InChI=1S/C11H11Cl2NO4/c12-8-3-1-7(9(13)5-8)2-4-10(15)14-18-6-11(16)17/h1,3,5H,2,4,6H2,(H,14,15)(H,16,17). The lowest BCUT2D eigenvalue weighted by molar-refractivity contribution is -0.149. The van der Waals surface area contributed by atoms with E-state index >= 15 is 0 Å². The number of aliphatic carboxylic acids is 1. The van der Waals surface area contributed by atoms with E-state index in [0.717, 1.165) is 5.56 Å². The predicted octanol–water partition coefficient (Wildman–Crippen LogP) is 2.06. The van der Waals surface area contributed by atoms with Gasteiger partial charge in [0.15, 0.2) is 6.61 Å². The lowest BCUT2D eigenvalue weighted by Crippen LogP contribution is -2.26. The van der Waals surface area contributed by atoms with Gasteiger partial charge in [-0.2, -0.15) is 0 Å². The summed E-state index contributed by atoms with van der Waals surface area (Å²) in [5.74, 6) is -1.57. The van der Waals surface area contributed by atoms with E-state index in [-0.39, 0.29) is 6.42 Å². The highest BCUT2D eigenvalue weighted by atomic mass is 35.5. The van der Waals surface area contributed by atoms with Crippen LogP contribution in [0.3, 0.4) is 0 Å². The topological polar surface area (TPSA) is 75.6 Å². The second-order valence-electron chi connectivity index (χ2n) is 3.44. The molecule has 1 rings (SSSR count). The fraction of sp³-hybridized carbons (Fsp3) is 0.273. The van der Waals surface area contributed by atoms with Gasteiger partial charge in [0, 0.05) is 16.5 Å². The summed E-state index contributed by atoms with van der Waals surface area (Å²) >= 11 is 11.7. The number of hydrogen-bond donors (Lipinski definition) is 2. The zero-order valence-electron chi connectivity index (χ0n) is 9.28. The van der Waals surface area contributed by atoms with Crippen LogP contribution in [0.5, 0.6) is 0 Å². The fourth-order valence-electron chi connectivity index (χ4n) is 1.20. The Morgan fingerprint density at radius 1 is 1.33 bits per heavy atom. The Balaban J connectivity index is 2.36. The molecule has 98 valence electrons. The Labute approximate surface area is 114 Å². The van der Waals surface area contributed by atoms with E-state index in [4.69, 9.17) is 28.3 Å². The summed E-state index contributed by atoms with van der Waals surface area (Å²) in [6.45, 7) is -0.576. The molecular formula is C11H11Cl2NO4. The highest BCUT2D eigenvalue weighted by Crippen LogP contribution is 2.21. The Morgan fingerprint density at radius 3 is 2.67 bits per heavy atom. The molecule has 1 amide bonds. The molecule has 0 radical (unpaired) electrons. The van der Waals surface area contributed by atoms with Crippen molar-refractivity contribution in [3.63, 3.8) is 0 Å². The highest BCUT2D eigenvalue weighted by Gasteiger charge is 2.06. The van der Waals surface area contributed by atoms with Gasteiger partial charge in [-0.05, 0) is 24.1 Å². The first kappa shape index (κ1) is 14.8. The number of carboxylic acid groups (broad SMARTS) is 1. The summed E-state index contributed by atoms with van der Waals surface area (Å²) in [5.41, 5.74) is 2.81. The maximum absolute atomic E-state index is 11.3. The van der Waals surface area contributed by atoms with Crippen molar-refractivity contribution in [1.82, 2.24) is 5.48 Å². The van der Waals surface area contributed by atoms with Gasteiger partial charge < -0.3 is 5.11 Å². The highest BCUT2D eigenvalue weighted by molar-refractivity contribution is 6.35. The second-order valence-corrected chi connectivity index (χ2v) is 4.29. The number of carboxylic acids is 1. The van der Waals surface area contributed by atoms with Crippen LogP contribution in [0.25, 0.3) is 0 Å². The van der Waals surface area contributed by atoms with E-state index in [1.54, 1.807) is 18.2 Å². The first-order valence-electron chi connectivity index (χ1n) is 5.05. The molecule has 0 saturated carbocycles. The quantitative estimate of drug-likeness (QED) is 0.787. The number of nitrogens with one attached hydrogen (secondary N) is 1. The molecule has 0 unspecified atom stereocenters. The van der Waals surface area contributed by atoms with Crippen LogP contribution in [0.2, 0.25) is 10.0 Å². The van der Waals surface area contributed by atoms with Crippen molar-refractivity contribution in [2.45, 2.75) is 12.8 Å². The van der Waals surface area contributed by atoms with Crippen molar-refractivity contribution >= 4 is 35.1 Å². The molecule has 5 nitrogen and oxygen atoms in total. The van der Waals surface area contributed by atoms with Crippen molar-refractivity contribution in [2.75, 3.05) is 6.61 Å². The van der Waals surface area contributed by atoms with Gasteiger partial charge in [0.25, 0.3) is 0 Å². The fourth-order valence-corrected chi connectivity index (χ4v) is 1.70. The van der Waals surface area contributed by atoms with Gasteiger partial charge in [-0.1, -0.05) is 29.3 Å². The van der Waals surface area contributed by atoms with Crippen molar-refractivity contribution in [2.24, 2.45) is 0 Å². The number of hydroxylamine groups is 1. The first-order chi connectivity index (χ1) is 8.49. The van der Waals surface area contributed by atoms with E-state index in [1.165, 1.54) is 0 Å². The van der Waals surface area contributed by atoms with Gasteiger partial charge in [0.2, 0.25) is 5.91 Å². The molecule has 0 aliphatic rings. The Kier molecular flexibility index (Phi) is 5.91. The van der Waals surface area contributed by atoms with Crippen molar-refractivity contribution in [3.8, 4) is 0 Å². The van der Waals surface area contributed by atoms with Crippen LogP contribution in [0.4, 0.5) is 0 Å². The SMILES string of the molecule is O=C(O)CONC(=O)CCc1ccc(Cl)cc1Cl. The van der Waals surface area contributed by atoms with Crippen LogP contribution >= 0.6 is 23.2 Å². The molecular weight excluding hydrogens is 281 g/mol. The van der Waals surface area contributed by atoms with Crippen LogP contribution in [-0.2, 0) is 20.8 Å². The molecule has 1 aromatic rings. The van der Waals surface area contributed by atoms with Crippen molar-refractivity contribution in [3.05, 3.63) is 33.8 Å². The number of carbonyl (C=O) groups is 2. The number of aryl methyl sites for hydroxylation is 1. The number of hydrogen-bond acceptors (Lipinski definition) is 3. The third kappa shape index (κ3) is 5.35. The van der Waals surface area contributed by atoms with Crippen molar-refractivity contribution < 1.29 is 19.5 Å². The van der Waals surface area contributed by atoms with E-state index in [1.807, 2.05) is 5.48 Å². The summed E-state index contributed by atoms with van der Waals surface area (Å²) in [6.07, 6.45) is 0.555. The monoisotopic (exact) mass is 291 g/mol. The maximum atomic E-state index is 11.3. The van der Waals surface area contributed by atoms with Gasteiger partial charge in [-0.3, -0.25) is 9.63 Å². The molecule has 0 aromatic heterocycles. The number of carbonyl (C=O) groups excluding carboxylic acids is 1. The molecule has 0 fully saturated rings. The van der Waals surface area contributed by atoms with Gasteiger partial charge >= 0.3 is 5.97 Å². The molecule has 0 bridgehead atoms. The number of halogens is 2. The van der Waals surface area contributed by atoms with Crippen LogP contribution in [-0.4, -0.2) is 23.6 Å². The van der Waals surface area contributed by atoms with Gasteiger partial charge in [0.05, 0.1) is 0 Å². The number of amides is 1. The molecule has 0 atom stereocenters. The average molecular weight is 292 g/mol. The number of benzene rings is 1. The molecule has 0 saturated heterocycles. The van der Waals surface area contributed by atoms with E-state index in [0.29, 0.717) is 16.5 Å². The molecule has 7 heteroatoms. The van der Waals surface area contributed by atoms with Gasteiger partial charge in [-0.15, -0.1) is 0 Å². The largest absolute Gasteiger partial charge is 0.479 e. The second kappa shape index (κ2) is 7.20. The lowest BCUT2D eigenvalue weighted by atomic mass is 10.1. The van der Waals surface area contributed by atoms with E-state index < -0.39 is 18.5 Å². The van der Waals surface area contributed by atoms with E-state index in [9.17, 15) is 9.59 Å². The van der Waals surface area contributed by atoms with Crippen LogP contribution in [0.15, 0.2) is 18.2 Å². The minimum absolute atomic E-state index is 0.140. The molecule has 0 aliphatic heterocycles. The van der Waals surface area contributed by atoms with E-state index in [2.05, 4.69) is 4.84 Å². The van der Waals surface area contributed by atoms with Crippen LogP contribution in [0.1, 0.15) is 12.0 Å². The molecule has 0 spiro atoms. The van der Waals surface area contributed by atoms with Gasteiger partial charge in [0.1, 0.15) is 0 Å². The molecule has 2 N–H and O–H groups in total. The Morgan fingerprint density at radius 2 is 2.06 bits per heavy atom. The molecule has 0 aliphatic carbocycles. The summed E-state index contributed by atoms with van der Waals surface area (Å²) in [5, 5.41) is 9.30. The summed E-state index contributed by atoms with van der Waals surface area (Å²) in [4.78, 5) is 25.8. The summed E-state index contributed by atoms with van der Waals surface area (Å²) in [7, 11) is 0. The summed E-state index contributed by atoms with van der Waals surface area (Å²) < 4.78 is 0. The zero-order valence-corrected chi connectivity index (χ0v) is 10.8. The molecule has 1 aromatic carbocycles. The average Bonchev–Trinajstić information content (AvgIpc) is 2.27.